The van der Waals surface area contributed by atoms with Crippen LogP contribution >= 0.6 is 15.9 Å². The van der Waals surface area contributed by atoms with E-state index in [-0.39, 0.29) is 29.7 Å². The third kappa shape index (κ3) is 4.01. The molecule has 8 heteroatoms. The first kappa shape index (κ1) is 19.9. The van der Waals surface area contributed by atoms with Gasteiger partial charge in [0.25, 0.3) is 5.91 Å². The van der Waals surface area contributed by atoms with Gasteiger partial charge in [-0.2, -0.15) is 4.31 Å². The molecule has 0 unspecified atom stereocenters. The zero-order valence-corrected chi connectivity index (χ0v) is 17.9. The number of hydrogen-bond donors (Lipinski definition) is 0. The molecular formula is C21H19BrN2O4S. The predicted molar refractivity (Wildman–Crippen MR) is 113 cm³/mol. The van der Waals surface area contributed by atoms with Crippen molar-refractivity contribution in [1.82, 2.24) is 9.21 Å². The van der Waals surface area contributed by atoms with E-state index >= 15 is 0 Å². The summed E-state index contributed by atoms with van der Waals surface area (Å²) in [5.41, 5.74) is 1.64. The van der Waals surface area contributed by atoms with Gasteiger partial charge in [-0.1, -0.05) is 46.3 Å². The Bertz CT molecular complexity index is 1100. The van der Waals surface area contributed by atoms with E-state index in [1.54, 1.807) is 35.2 Å². The van der Waals surface area contributed by atoms with Crippen molar-refractivity contribution in [2.75, 3.05) is 26.2 Å². The topological polar surface area (TPSA) is 70.8 Å². The van der Waals surface area contributed by atoms with Crippen LogP contribution in [0.25, 0.3) is 11.1 Å². The average Bonchev–Trinajstić information content (AvgIpc) is 3.24. The van der Waals surface area contributed by atoms with E-state index in [0.29, 0.717) is 13.1 Å². The maximum atomic E-state index is 13.0. The first-order valence-electron chi connectivity index (χ1n) is 9.15. The number of furan rings is 1. The standard InChI is InChI=1S/C21H19BrN2O4S/c22-17-6-8-18(9-7-17)29(26,27)24-13-11-23(12-14-24)21(25)20-19(10-15-28-20)16-4-2-1-3-5-16/h1-10,15H,11-14H2. The van der Waals surface area contributed by atoms with Gasteiger partial charge >= 0.3 is 0 Å². The molecule has 1 aromatic heterocycles. The number of carbonyl (C=O) groups excluding carboxylic acids is 1. The van der Waals surface area contributed by atoms with Gasteiger partial charge in [0.15, 0.2) is 5.76 Å². The van der Waals surface area contributed by atoms with Gasteiger partial charge in [-0.15, -0.1) is 0 Å². The van der Waals surface area contributed by atoms with Crippen LogP contribution in [0.15, 0.2) is 80.7 Å². The van der Waals surface area contributed by atoms with Crippen molar-refractivity contribution in [3.8, 4) is 11.1 Å². The van der Waals surface area contributed by atoms with E-state index < -0.39 is 10.0 Å². The number of amides is 1. The quantitative estimate of drug-likeness (QED) is 0.575. The zero-order chi connectivity index (χ0) is 20.4. The predicted octanol–water partition coefficient (Wildman–Crippen LogP) is 3.86. The molecule has 4 rings (SSSR count). The van der Waals surface area contributed by atoms with E-state index in [4.69, 9.17) is 4.42 Å². The molecule has 29 heavy (non-hydrogen) atoms. The largest absolute Gasteiger partial charge is 0.459 e. The maximum absolute atomic E-state index is 13.0. The molecule has 150 valence electrons. The molecule has 0 spiro atoms. The maximum Gasteiger partial charge on any atom is 0.290 e. The first-order valence-corrected chi connectivity index (χ1v) is 11.4. The molecule has 0 atom stereocenters. The van der Waals surface area contributed by atoms with Gasteiger partial charge in [0.05, 0.1) is 11.2 Å². The number of rotatable bonds is 4. The highest BCUT2D eigenvalue weighted by molar-refractivity contribution is 9.10. The highest BCUT2D eigenvalue weighted by Gasteiger charge is 2.32. The van der Waals surface area contributed by atoms with E-state index in [0.717, 1.165) is 15.6 Å². The fourth-order valence-electron chi connectivity index (χ4n) is 3.35. The smallest absolute Gasteiger partial charge is 0.290 e. The minimum Gasteiger partial charge on any atom is -0.459 e. The average molecular weight is 475 g/mol. The number of carbonyl (C=O) groups is 1. The number of nitrogens with zero attached hydrogens (tertiary/aromatic N) is 2. The van der Waals surface area contributed by atoms with Crippen molar-refractivity contribution in [3.63, 3.8) is 0 Å². The molecule has 2 heterocycles. The van der Waals surface area contributed by atoms with Crippen molar-refractivity contribution in [3.05, 3.63) is 77.2 Å². The lowest BCUT2D eigenvalue weighted by Crippen LogP contribution is -2.50. The van der Waals surface area contributed by atoms with Crippen molar-refractivity contribution >= 4 is 31.9 Å². The van der Waals surface area contributed by atoms with E-state index in [1.807, 2.05) is 30.3 Å². The molecule has 0 bridgehead atoms. The van der Waals surface area contributed by atoms with Crippen molar-refractivity contribution in [2.24, 2.45) is 0 Å². The van der Waals surface area contributed by atoms with Gasteiger partial charge in [-0.3, -0.25) is 4.79 Å². The summed E-state index contributed by atoms with van der Waals surface area (Å²) in [6, 6.07) is 17.9. The molecule has 1 aliphatic rings. The van der Waals surface area contributed by atoms with Crippen LogP contribution in [0.4, 0.5) is 0 Å². The highest BCUT2D eigenvalue weighted by atomic mass is 79.9. The molecule has 0 saturated carbocycles. The fourth-order valence-corrected chi connectivity index (χ4v) is 5.04. The summed E-state index contributed by atoms with van der Waals surface area (Å²) < 4.78 is 33.4. The van der Waals surface area contributed by atoms with Gasteiger partial charge in [0, 0.05) is 36.2 Å². The molecular weight excluding hydrogens is 456 g/mol. The molecule has 6 nitrogen and oxygen atoms in total. The Morgan fingerprint density at radius 2 is 1.55 bits per heavy atom. The minimum atomic E-state index is -3.58. The van der Waals surface area contributed by atoms with Crippen LogP contribution in [0.1, 0.15) is 10.6 Å². The Hall–Kier alpha value is -2.42. The van der Waals surface area contributed by atoms with Crippen molar-refractivity contribution in [1.29, 1.82) is 0 Å². The summed E-state index contributed by atoms with van der Waals surface area (Å²) >= 11 is 3.31. The van der Waals surface area contributed by atoms with E-state index in [1.165, 1.54) is 10.6 Å². The second kappa shape index (κ2) is 8.14. The van der Waals surface area contributed by atoms with Crippen LogP contribution in [0.2, 0.25) is 0 Å². The summed E-state index contributed by atoms with van der Waals surface area (Å²) in [5, 5.41) is 0. The summed E-state index contributed by atoms with van der Waals surface area (Å²) in [6.07, 6.45) is 1.50. The molecule has 0 radical (unpaired) electrons. The molecule has 0 N–H and O–H groups in total. The lowest BCUT2D eigenvalue weighted by molar-refractivity contribution is 0.0667. The molecule has 2 aromatic carbocycles. The molecule has 3 aromatic rings. The Kier molecular flexibility index (Phi) is 5.58. The third-order valence-corrected chi connectivity index (χ3v) is 7.36. The minimum absolute atomic E-state index is 0.227. The summed E-state index contributed by atoms with van der Waals surface area (Å²) in [7, 11) is -3.58. The van der Waals surface area contributed by atoms with Crippen LogP contribution in [0.3, 0.4) is 0 Å². The fraction of sp³-hybridized carbons (Fsp3) is 0.190. The lowest BCUT2D eigenvalue weighted by atomic mass is 10.1. The van der Waals surface area contributed by atoms with Gasteiger partial charge in [-0.25, -0.2) is 8.42 Å². The molecule has 0 aliphatic carbocycles. The van der Waals surface area contributed by atoms with E-state index in [9.17, 15) is 13.2 Å². The second-order valence-corrected chi connectivity index (χ2v) is 9.53. The summed E-state index contributed by atoms with van der Waals surface area (Å²) in [4.78, 5) is 14.9. The van der Waals surface area contributed by atoms with Crippen LogP contribution < -0.4 is 0 Å². The number of benzene rings is 2. The van der Waals surface area contributed by atoms with E-state index in [2.05, 4.69) is 15.9 Å². The Morgan fingerprint density at radius 3 is 2.21 bits per heavy atom. The van der Waals surface area contributed by atoms with Crippen molar-refractivity contribution < 1.29 is 17.6 Å². The lowest BCUT2D eigenvalue weighted by Gasteiger charge is -2.33. The highest BCUT2D eigenvalue weighted by Crippen LogP contribution is 2.27. The van der Waals surface area contributed by atoms with Gasteiger partial charge < -0.3 is 9.32 Å². The van der Waals surface area contributed by atoms with Crippen molar-refractivity contribution in [2.45, 2.75) is 4.90 Å². The van der Waals surface area contributed by atoms with Crippen LogP contribution in [0, 0.1) is 0 Å². The molecule has 1 amide bonds. The third-order valence-electron chi connectivity index (χ3n) is 4.92. The SMILES string of the molecule is O=C(c1occc1-c1ccccc1)N1CCN(S(=O)(=O)c2ccc(Br)cc2)CC1. The van der Waals surface area contributed by atoms with Gasteiger partial charge in [-0.05, 0) is 35.9 Å². The van der Waals surface area contributed by atoms with Crippen LogP contribution in [-0.2, 0) is 10.0 Å². The monoisotopic (exact) mass is 474 g/mol. The number of sulfonamides is 1. The molecule has 1 saturated heterocycles. The van der Waals surface area contributed by atoms with Crippen LogP contribution in [0.5, 0.6) is 0 Å². The second-order valence-electron chi connectivity index (χ2n) is 6.68. The molecule has 1 fully saturated rings. The normalized spacial score (nSPS) is 15.4. The summed E-state index contributed by atoms with van der Waals surface area (Å²) in [6.45, 7) is 1.10. The number of halogens is 1. The Morgan fingerprint density at radius 1 is 0.897 bits per heavy atom. The zero-order valence-electron chi connectivity index (χ0n) is 15.5. The Balaban J connectivity index is 1.47. The number of piperazine rings is 1. The first-order chi connectivity index (χ1) is 14.0. The number of hydrogen-bond acceptors (Lipinski definition) is 4. The summed E-state index contributed by atoms with van der Waals surface area (Å²) in [5.74, 6) is 0.0509. The van der Waals surface area contributed by atoms with Gasteiger partial charge in [0.1, 0.15) is 0 Å². The Labute approximate surface area is 177 Å². The molecule has 1 aliphatic heterocycles. The van der Waals surface area contributed by atoms with Crippen LogP contribution in [-0.4, -0.2) is 49.7 Å². The van der Waals surface area contributed by atoms with Gasteiger partial charge in [0.2, 0.25) is 10.0 Å².